The Bertz CT molecular complexity index is 1170. The third kappa shape index (κ3) is 5.42. The molecule has 1 fully saturated rings. The Hall–Kier alpha value is -1.13. The van der Waals surface area contributed by atoms with E-state index in [4.69, 9.17) is 17.3 Å². The van der Waals surface area contributed by atoms with Crippen LogP contribution in [-0.2, 0) is 14.4 Å². The van der Waals surface area contributed by atoms with Crippen LogP contribution < -0.4 is 45.7 Å². The minimum Gasteiger partial charge on any atom is -0.543 e. The minimum absolute atomic E-state index is 0. The van der Waals surface area contributed by atoms with Crippen LogP contribution in [0.4, 0.5) is 5.13 Å². The van der Waals surface area contributed by atoms with Crippen molar-refractivity contribution < 1.29 is 49.0 Å². The van der Waals surface area contributed by atoms with Gasteiger partial charge in [0.15, 0.2) is 9.47 Å². The summed E-state index contributed by atoms with van der Waals surface area (Å²) in [6, 6.07) is -0.899. The van der Waals surface area contributed by atoms with Crippen LogP contribution in [0.25, 0.3) is 5.57 Å². The summed E-state index contributed by atoms with van der Waals surface area (Å²) < 4.78 is 0.711. The molecule has 10 nitrogen and oxygen atoms in total. The number of nitrogens with two attached hydrogens (primary N) is 1. The molecule has 4 rings (SSSR count). The van der Waals surface area contributed by atoms with Crippen molar-refractivity contribution >= 4 is 86.3 Å². The van der Waals surface area contributed by atoms with Crippen LogP contribution in [-0.4, -0.2) is 60.8 Å². The van der Waals surface area contributed by atoms with E-state index < -0.39 is 29.2 Å². The number of carboxylic acids is 1. The van der Waals surface area contributed by atoms with Gasteiger partial charge in [0.1, 0.15) is 16.4 Å². The largest absolute Gasteiger partial charge is 1.00 e. The number of rotatable bonds is 7. The van der Waals surface area contributed by atoms with E-state index in [0.717, 1.165) is 21.9 Å². The molecule has 168 valence electrons. The van der Waals surface area contributed by atoms with Gasteiger partial charge in [0.2, 0.25) is 0 Å². The maximum absolute atomic E-state index is 12.8. The number of nitrogens with zero attached hydrogens (tertiary/aromatic N) is 4. The van der Waals surface area contributed by atoms with Crippen LogP contribution in [0, 0.1) is 6.92 Å². The number of aromatic nitrogens is 3. The van der Waals surface area contributed by atoms with E-state index in [2.05, 4.69) is 20.5 Å². The van der Waals surface area contributed by atoms with E-state index in [1.165, 1.54) is 39.8 Å². The molecule has 0 radical (unpaired) electrons. The number of β-lactam (4-membered cyclic amide) rings is 1. The Labute approximate surface area is 231 Å². The standard InChI is InChI=1S/C17H15ClN6O4S4.Na/c1-6-22-23-17(32-6)31-4-7-3-29-14-10(13(26)24(14)11(7)15(27)28)21-12(25)8(2-18)9-5-30-16(19)20-9;/h2,5,10,14H,3-4H2,1H3,(H2,19,20)(H,21,25)(H,27,28);/q;+1/p-1/t10?,14-;/m1./s1. The number of carbonyl (C=O) groups excluding carboxylic acids is 3. The third-order valence-electron chi connectivity index (χ3n) is 4.56. The number of hydrogen-bond acceptors (Lipinski definition) is 12. The Morgan fingerprint density at radius 2 is 2.21 bits per heavy atom. The van der Waals surface area contributed by atoms with Gasteiger partial charge in [-0.2, -0.15) is 0 Å². The second kappa shape index (κ2) is 11.1. The van der Waals surface area contributed by atoms with Crippen molar-refractivity contribution in [2.75, 3.05) is 17.2 Å². The number of aryl methyl sites for hydroxylation is 1. The van der Waals surface area contributed by atoms with Crippen molar-refractivity contribution in [2.24, 2.45) is 0 Å². The predicted molar refractivity (Wildman–Crippen MR) is 123 cm³/mol. The van der Waals surface area contributed by atoms with Gasteiger partial charge in [-0.1, -0.05) is 34.7 Å². The van der Waals surface area contributed by atoms with Gasteiger partial charge in [0, 0.05) is 22.4 Å². The summed E-state index contributed by atoms with van der Waals surface area (Å²) in [6.07, 6.45) is 0. The summed E-state index contributed by atoms with van der Waals surface area (Å²) in [5, 5.41) is 24.5. The SMILES string of the molecule is Cc1nnc(SCC2=C(C(=O)[O-])N3C(=O)C(NC(=O)C(=CCl)c4csc(N)n4)[C@H]3SC2)s1.[Na+]. The van der Waals surface area contributed by atoms with Crippen LogP contribution >= 0.6 is 57.8 Å². The van der Waals surface area contributed by atoms with Gasteiger partial charge in [0.25, 0.3) is 11.8 Å². The number of carboxylic acid groups (broad SMARTS) is 1. The van der Waals surface area contributed by atoms with E-state index in [-0.39, 0.29) is 46.0 Å². The maximum atomic E-state index is 12.8. The molecule has 16 heteroatoms. The average Bonchev–Trinajstić information content (AvgIpc) is 3.38. The van der Waals surface area contributed by atoms with E-state index in [1.54, 1.807) is 5.38 Å². The van der Waals surface area contributed by atoms with Crippen molar-refractivity contribution in [2.45, 2.75) is 22.7 Å². The van der Waals surface area contributed by atoms with Gasteiger partial charge in [-0.05, 0) is 12.5 Å². The zero-order valence-corrected chi connectivity index (χ0v) is 23.3. The number of amides is 2. The first-order chi connectivity index (χ1) is 15.3. The van der Waals surface area contributed by atoms with Gasteiger partial charge >= 0.3 is 29.6 Å². The normalized spacial score (nSPS) is 20.1. The molecule has 0 saturated carbocycles. The smallest absolute Gasteiger partial charge is 0.543 e. The fraction of sp³-hybridized carbons (Fsp3) is 0.294. The summed E-state index contributed by atoms with van der Waals surface area (Å²) in [5.41, 5.74) is 7.43. The van der Waals surface area contributed by atoms with Gasteiger partial charge in [-0.15, -0.1) is 33.3 Å². The second-order valence-corrected chi connectivity index (χ2v) is 11.2. The first-order valence-electron chi connectivity index (χ1n) is 8.93. The summed E-state index contributed by atoms with van der Waals surface area (Å²) in [7, 11) is 0. The van der Waals surface area contributed by atoms with Gasteiger partial charge in [-0.25, -0.2) is 4.98 Å². The average molecular weight is 553 g/mol. The number of anilines is 1. The maximum Gasteiger partial charge on any atom is 1.00 e. The van der Waals surface area contributed by atoms with E-state index in [0.29, 0.717) is 27.1 Å². The van der Waals surface area contributed by atoms with Gasteiger partial charge < -0.3 is 21.0 Å². The topological polar surface area (TPSA) is 154 Å². The molecule has 0 aliphatic carbocycles. The van der Waals surface area contributed by atoms with E-state index in [1.807, 2.05) is 6.92 Å². The zero-order chi connectivity index (χ0) is 23.0. The third-order valence-corrected chi connectivity index (χ3v) is 8.85. The molecule has 4 heterocycles. The van der Waals surface area contributed by atoms with Crippen LogP contribution in [0.2, 0.25) is 0 Å². The number of halogens is 1. The summed E-state index contributed by atoms with van der Waals surface area (Å²) in [6.45, 7) is 1.83. The van der Waals surface area contributed by atoms with Crippen LogP contribution in [0.3, 0.4) is 0 Å². The second-order valence-electron chi connectivity index (χ2n) is 6.57. The van der Waals surface area contributed by atoms with Crippen molar-refractivity contribution in [3.8, 4) is 0 Å². The molecule has 0 aromatic carbocycles. The molecular formula is C17H14ClN6NaO4S4. The van der Waals surface area contributed by atoms with Crippen molar-refractivity contribution in [1.82, 2.24) is 25.4 Å². The van der Waals surface area contributed by atoms with Crippen molar-refractivity contribution in [3.05, 3.63) is 32.9 Å². The molecule has 0 bridgehead atoms. The van der Waals surface area contributed by atoms with Gasteiger partial charge in [-0.3, -0.25) is 14.5 Å². The predicted octanol–water partition coefficient (Wildman–Crippen LogP) is -2.33. The molecule has 2 aromatic heterocycles. The van der Waals surface area contributed by atoms with Crippen LogP contribution in [0.15, 0.2) is 26.5 Å². The van der Waals surface area contributed by atoms with Crippen molar-refractivity contribution in [1.29, 1.82) is 0 Å². The summed E-state index contributed by atoms with van der Waals surface area (Å²) in [4.78, 5) is 42.5. The fourth-order valence-corrected chi connectivity index (χ4v) is 7.19. The Kier molecular flexibility index (Phi) is 8.88. The Morgan fingerprint density at radius 1 is 1.45 bits per heavy atom. The number of thiazole rings is 1. The zero-order valence-electron chi connectivity index (χ0n) is 17.2. The molecule has 1 saturated heterocycles. The quantitative estimate of drug-likeness (QED) is 0.165. The number of hydrogen-bond donors (Lipinski definition) is 2. The van der Waals surface area contributed by atoms with E-state index >= 15 is 0 Å². The molecule has 0 spiro atoms. The molecule has 2 amide bonds. The van der Waals surface area contributed by atoms with Gasteiger partial charge in [0.05, 0.1) is 22.9 Å². The number of carbonyl (C=O) groups is 3. The molecule has 2 aliphatic rings. The Morgan fingerprint density at radius 3 is 2.79 bits per heavy atom. The van der Waals surface area contributed by atoms with Crippen molar-refractivity contribution in [3.63, 3.8) is 0 Å². The van der Waals surface area contributed by atoms with E-state index in [9.17, 15) is 19.5 Å². The monoisotopic (exact) mass is 552 g/mol. The minimum atomic E-state index is -1.43. The Balaban J connectivity index is 0.00000306. The molecular weight excluding hydrogens is 539 g/mol. The number of nitrogen functional groups attached to an aromatic ring is 1. The number of nitrogens with one attached hydrogen (secondary N) is 1. The number of aliphatic carboxylic acids is 1. The molecule has 2 atom stereocenters. The van der Waals surface area contributed by atoms with Crippen LogP contribution in [0.5, 0.6) is 0 Å². The summed E-state index contributed by atoms with van der Waals surface area (Å²) in [5.74, 6) is -1.86. The molecule has 2 aromatic rings. The molecule has 3 N–H and O–H groups in total. The summed E-state index contributed by atoms with van der Waals surface area (Å²) >= 11 is 11.1. The first kappa shape index (κ1) is 26.5. The molecule has 2 aliphatic heterocycles. The first-order valence-corrected chi connectivity index (χ1v) is 13.1. The molecule has 33 heavy (non-hydrogen) atoms. The fourth-order valence-electron chi connectivity index (χ4n) is 3.12. The number of thioether (sulfide) groups is 2. The molecule has 1 unspecified atom stereocenters. The van der Waals surface area contributed by atoms with Crippen LogP contribution in [0.1, 0.15) is 10.7 Å². The number of fused-ring (bicyclic) bond motifs is 1.